The van der Waals surface area contributed by atoms with E-state index in [1.165, 1.54) is 21.3 Å². The number of hydrogen-bond donors (Lipinski definition) is 0. The second kappa shape index (κ2) is 9.23. The van der Waals surface area contributed by atoms with Gasteiger partial charge in [0.15, 0.2) is 0 Å². The molecule has 0 saturated heterocycles. The quantitative estimate of drug-likeness (QED) is 0.548. The van der Waals surface area contributed by atoms with Crippen LogP contribution in [-0.4, -0.2) is 52.6 Å². The molecule has 2 aromatic rings. The van der Waals surface area contributed by atoms with Gasteiger partial charge in [-0.1, -0.05) is 24.3 Å². The van der Waals surface area contributed by atoms with Crippen LogP contribution in [0.1, 0.15) is 10.4 Å². The molecule has 0 aromatic heterocycles. The lowest BCUT2D eigenvalue weighted by Gasteiger charge is -2.31. The van der Waals surface area contributed by atoms with Gasteiger partial charge < -0.3 is 23.8 Å². The zero-order valence-electron chi connectivity index (χ0n) is 16.8. The monoisotopic (exact) mass is 411 g/mol. The van der Waals surface area contributed by atoms with Crippen LogP contribution in [0.4, 0.5) is 5.69 Å². The molecule has 0 fully saturated rings. The lowest BCUT2D eigenvalue weighted by molar-refractivity contribution is -0.140. The highest BCUT2D eigenvalue weighted by molar-refractivity contribution is 6.03. The molecule has 0 bridgehead atoms. The summed E-state index contributed by atoms with van der Waals surface area (Å²) in [7, 11) is 3.81. The van der Waals surface area contributed by atoms with Gasteiger partial charge in [-0.05, 0) is 35.4 Å². The van der Waals surface area contributed by atoms with Crippen LogP contribution < -0.4 is 4.90 Å². The molecule has 156 valence electrons. The summed E-state index contributed by atoms with van der Waals surface area (Å²) < 4.78 is 19.9. The minimum Gasteiger partial charge on any atom is -0.466 e. The Morgan fingerprint density at radius 2 is 1.50 bits per heavy atom. The fourth-order valence-electron chi connectivity index (χ4n) is 3.12. The summed E-state index contributed by atoms with van der Waals surface area (Å²) in [5, 5.41) is 0. The van der Waals surface area contributed by atoms with Crippen molar-refractivity contribution in [2.45, 2.75) is 0 Å². The van der Waals surface area contributed by atoms with Gasteiger partial charge in [0, 0.05) is 5.69 Å². The van der Waals surface area contributed by atoms with E-state index in [0.717, 1.165) is 11.1 Å². The number of methoxy groups -OCH3 is 3. The molecule has 0 atom stereocenters. The van der Waals surface area contributed by atoms with Crippen LogP contribution in [0.25, 0.3) is 11.1 Å². The van der Waals surface area contributed by atoms with Crippen LogP contribution in [0.2, 0.25) is 0 Å². The molecular weight excluding hydrogens is 390 g/mol. The van der Waals surface area contributed by atoms with Crippen LogP contribution in [0, 0.1) is 0 Å². The molecule has 0 N–H and O–H groups in total. The Kier molecular flexibility index (Phi) is 6.48. The standard InChI is InChI=1S/C22H21NO7/c1-27-20(24)16-6-4-5-15(11-16)14-7-9-17(10-8-14)23-13-30-12-18(21(25)28-2)19(23)22(26)29-3/h4-11H,12-13H2,1-3H3. The van der Waals surface area contributed by atoms with Crippen molar-refractivity contribution in [3.05, 3.63) is 65.4 Å². The highest BCUT2D eigenvalue weighted by atomic mass is 16.5. The first-order valence-corrected chi connectivity index (χ1v) is 9.04. The number of esters is 3. The van der Waals surface area contributed by atoms with E-state index in [9.17, 15) is 14.4 Å². The van der Waals surface area contributed by atoms with E-state index in [-0.39, 0.29) is 24.6 Å². The van der Waals surface area contributed by atoms with Gasteiger partial charge in [-0.2, -0.15) is 0 Å². The number of benzene rings is 2. The summed E-state index contributed by atoms with van der Waals surface area (Å²) in [5.74, 6) is -1.73. The molecular formula is C22H21NO7. The fraction of sp³-hybridized carbons (Fsp3) is 0.227. The molecule has 8 nitrogen and oxygen atoms in total. The summed E-state index contributed by atoms with van der Waals surface area (Å²) in [4.78, 5) is 37.8. The Morgan fingerprint density at radius 3 is 2.13 bits per heavy atom. The largest absolute Gasteiger partial charge is 0.466 e. The number of rotatable bonds is 5. The molecule has 30 heavy (non-hydrogen) atoms. The number of ether oxygens (including phenoxy) is 4. The van der Waals surface area contributed by atoms with E-state index in [2.05, 4.69) is 0 Å². The summed E-state index contributed by atoms with van der Waals surface area (Å²) in [5.41, 5.74) is 2.94. The van der Waals surface area contributed by atoms with Gasteiger partial charge in [0.05, 0.1) is 39.1 Å². The molecule has 1 aliphatic rings. The van der Waals surface area contributed by atoms with Gasteiger partial charge in [0.1, 0.15) is 12.4 Å². The third-order valence-corrected chi connectivity index (χ3v) is 4.63. The van der Waals surface area contributed by atoms with Crippen molar-refractivity contribution in [3.63, 3.8) is 0 Å². The zero-order chi connectivity index (χ0) is 21.7. The minimum atomic E-state index is -0.659. The summed E-state index contributed by atoms with van der Waals surface area (Å²) >= 11 is 0. The Hall–Kier alpha value is -3.65. The van der Waals surface area contributed by atoms with Crippen LogP contribution in [0.5, 0.6) is 0 Å². The number of nitrogens with zero attached hydrogens (tertiary/aromatic N) is 1. The van der Waals surface area contributed by atoms with Gasteiger partial charge in [-0.25, -0.2) is 14.4 Å². The van der Waals surface area contributed by atoms with Gasteiger partial charge >= 0.3 is 17.9 Å². The maximum atomic E-state index is 12.4. The third-order valence-electron chi connectivity index (χ3n) is 4.63. The molecule has 0 spiro atoms. The maximum absolute atomic E-state index is 12.4. The molecule has 8 heteroatoms. The van der Waals surface area contributed by atoms with Crippen molar-refractivity contribution < 1.29 is 33.3 Å². The fourth-order valence-corrected chi connectivity index (χ4v) is 3.12. The van der Waals surface area contributed by atoms with E-state index in [0.29, 0.717) is 11.3 Å². The number of carbonyl (C=O) groups is 3. The van der Waals surface area contributed by atoms with Crippen molar-refractivity contribution in [3.8, 4) is 11.1 Å². The lowest BCUT2D eigenvalue weighted by atomic mass is 10.0. The molecule has 0 unspecified atom stereocenters. The maximum Gasteiger partial charge on any atom is 0.355 e. The molecule has 0 aliphatic carbocycles. The van der Waals surface area contributed by atoms with Crippen LogP contribution in [0.3, 0.4) is 0 Å². The Morgan fingerprint density at radius 1 is 0.833 bits per heavy atom. The van der Waals surface area contributed by atoms with Gasteiger partial charge in [0.2, 0.25) is 0 Å². The molecule has 0 amide bonds. The summed E-state index contributed by atoms with van der Waals surface area (Å²) in [6.45, 7) is 0.0219. The first-order chi connectivity index (χ1) is 14.5. The first kappa shape index (κ1) is 21.1. The predicted molar refractivity (Wildman–Crippen MR) is 108 cm³/mol. The number of anilines is 1. The van der Waals surface area contributed by atoms with Gasteiger partial charge in [0.25, 0.3) is 0 Å². The first-order valence-electron chi connectivity index (χ1n) is 9.04. The minimum absolute atomic E-state index is 0.0496. The highest BCUT2D eigenvalue weighted by Crippen LogP contribution is 2.29. The Bertz CT molecular complexity index is 995. The number of hydrogen-bond acceptors (Lipinski definition) is 8. The molecule has 0 saturated carbocycles. The van der Waals surface area contributed by atoms with Gasteiger partial charge in [-0.15, -0.1) is 0 Å². The second-order valence-corrected chi connectivity index (χ2v) is 6.34. The van der Waals surface area contributed by atoms with Crippen LogP contribution >= 0.6 is 0 Å². The van der Waals surface area contributed by atoms with Crippen LogP contribution in [-0.2, 0) is 28.5 Å². The average molecular weight is 411 g/mol. The topological polar surface area (TPSA) is 91.4 Å². The number of carbonyl (C=O) groups excluding carboxylic acids is 3. The van der Waals surface area contributed by atoms with E-state index in [1.54, 1.807) is 35.2 Å². The van der Waals surface area contributed by atoms with Crippen molar-refractivity contribution in [2.24, 2.45) is 0 Å². The molecule has 1 heterocycles. The van der Waals surface area contributed by atoms with E-state index >= 15 is 0 Å². The predicted octanol–water partition coefficient (Wildman–Crippen LogP) is 2.53. The molecule has 1 aliphatic heterocycles. The van der Waals surface area contributed by atoms with Crippen molar-refractivity contribution >= 4 is 23.6 Å². The average Bonchev–Trinajstić information content (AvgIpc) is 2.82. The van der Waals surface area contributed by atoms with Gasteiger partial charge in [-0.3, -0.25) is 0 Å². The second-order valence-electron chi connectivity index (χ2n) is 6.34. The van der Waals surface area contributed by atoms with Crippen molar-refractivity contribution in [1.29, 1.82) is 0 Å². The van der Waals surface area contributed by atoms with E-state index < -0.39 is 17.9 Å². The SMILES string of the molecule is COC(=O)C1=C(C(=O)OC)N(c2ccc(-c3cccc(C(=O)OC)c3)cc2)COC1. The lowest BCUT2D eigenvalue weighted by Crippen LogP contribution is -2.38. The third kappa shape index (κ3) is 4.18. The van der Waals surface area contributed by atoms with E-state index in [4.69, 9.17) is 18.9 Å². The summed E-state index contributed by atoms with van der Waals surface area (Å²) in [6.07, 6.45) is 0. The zero-order valence-corrected chi connectivity index (χ0v) is 16.8. The normalized spacial score (nSPS) is 13.6. The van der Waals surface area contributed by atoms with Crippen molar-refractivity contribution in [1.82, 2.24) is 0 Å². The van der Waals surface area contributed by atoms with Crippen molar-refractivity contribution in [2.75, 3.05) is 39.6 Å². The van der Waals surface area contributed by atoms with E-state index in [1.807, 2.05) is 18.2 Å². The molecule has 2 aromatic carbocycles. The summed E-state index contributed by atoms with van der Waals surface area (Å²) in [6, 6.07) is 14.3. The smallest absolute Gasteiger partial charge is 0.355 e. The Balaban J connectivity index is 1.96. The van der Waals surface area contributed by atoms with Crippen LogP contribution in [0.15, 0.2) is 59.8 Å². The Labute approximate surface area is 173 Å². The molecule has 3 rings (SSSR count). The molecule has 0 radical (unpaired) electrons. The highest BCUT2D eigenvalue weighted by Gasteiger charge is 2.32.